The monoisotopic (exact) mass is 421 g/mol. The van der Waals surface area contributed by atoms with Crippen molar-refractivity contribution in [1.82, 2.24) is 14.3 Å². The van der Waals surface area contributed by atoms with Crippen LogP contribution in [0.3, 0.4) is 0 Å². The fourth-order valence-electron chi connectivity index (χ4n) is 3.82. The number of nitrogens with zero attached hydrogens (tertiary/aromatic N) is 4. The largest absolute Gasteiger partial charge is 0.382 e. The zero-order valence-corrected chi connectivity index (χ0v) is 17.6. The summed E-state index contributed by atoms with van der Waals surface area (Å²) in [5.41, 5.74) is 3.31. The van der Waals surface area contributed by atoms with Gasteiger partial charge < -0.3 is 5.32 Å². The second kappa shape index (κ2) is 8.38. The van der Waals surface area contributed by atoms with Gasteiger partial charge in [0, 0.05) is 60.6 Å². The van der Waals surface area contributed by atoms with Gasteiger partial charge in [-0.3, -0.25) is 9.97 Å². The van der Waals surface area contributed by atoms with Gasteiger partial charge in [0.1, 0.15) is 6.07 Å². The zero-order valence-electron chi connectivity index (χ0n) is 16.7. The van der Waals surface area contributed by atoms with Gasteiger partial charge in [-0.05, 0) is 55.0 Å². The number of pyridine rings is 2. The Balaban J connectivity index is 1.63. The van der Waals surface area contributed by atoms with Crippen LogP contribution in [0, 0.1) is 11.3 Å². The second-order valence-corrected chi connectivity index (χ2v) is 9.67. The molecule has 0 radical (unpaired) electrons. The molecule has 1 aliphatic rings. The van der Waals surface area contributed by atoms with E-state index in [1.165, 1.54) is 0 Å². The highest BCUT2D eigenvalue weighted by Crippen LogP contribution is 2.32. The Morgan fingerprint density at radius 1 is 1.13 bits per heavy atom. The quantitative estimate of drug-likeness (QED) is 0.678. The Labute approximate surface area is 176 Å². The predicted octanol–water partition coefficient (Wildman–Crippen LogP) is 3.39. The molecular formula is C22H23N5O2S. The minimum Gasteiger partial charge on any atom is -0.382 e. The van der Waals surface area contributed by atoms with E-state index in [-0.39, 0.29) is 11.8 Å². The molecule has 2 aromatic heterocycles. The third-order valence-corrected chi connectivity index (χ3v) is 7.41. The first kappa shape index (κ1) is 20.3. The maximum absolute atomic E-state index is 12.1. The molecule has 3 heterocycles. The summed E-state index contributed by atoms with van der Waals surface area (Å²) >= 11 is 0. The highest BCUT2D eigenvalue weighted by atomic mass is 32.2. The summed E-state index contributed by atoms with van der Waals surface area (Å²) in [6, 6.07) is 10.2. The second-order valence-electron chi connectivity index (χ2n) is 7.41. The van der Waals surface area contributed by atoms with Gasteiger partial charge in [-0.1, -0.05) is 0 Å². The lowest BCUT2D eigenvalue weighted by Gasteiger charge is -2.32. The van der Waals surface area contributed by atoms with Crippen molar-refractivity contribution in [1.29, 1.82) is 5.26 Å². The number of benzene rings is 1. The van der Waals surface area contributed by atoms with Crippen LogP contribution in [0.25, 0.3) is 21.9 Å². The number of sulfonamides is 1. The molecule has 154 valence electrons. The molecule has 1 saturated heterocycles. The van der Waals surface area contributed by atoms with Gasteiger partial charge in [0.15, 0.2) is 0 Å². The molecule has 3 aromatic rings. The third kappa shape index (κ3) is 4.13. The van der Waals surface area contributed by atoms with Crippen LogP contribution in [0.15, 0.2) is 49.1 Å². The molecule has 7 nitrogen and oxygen atoms in total. The standard InChI is InChI=1S/C22H23N5O2S/c1-2-30(28,29)27-7-4-20(5-8-27)26-22-11-18(10-17-3-6-24-15-21(17)22)19-9-16(12-23)13-25-14-19/h3,6,9-11,13-15,20,26H,2,4-5,7-8H2,1H3. The predicted molar refractivity (Wildman–Crippen MR) is 117 cm³/mol. The third-order valence-electron chi connectivity index (χ3n) is 5.53. The topological polar surface area (TPSA) is 99.0 Å². The normalized spacial score (nSPS) is 15.7. The molecule has 0 aliphatic carbocycles. The number of piperidine rings is 1. The van der Waals surface area contributed by atoms with Gasteiger partial charge in [0.05, 0.1) is 11.3 Å². The summed E-state index contributed by atoms with van der Waals surface area (Å²) in [7, 11) is -3.14. The number of anilines is 1. The molecule has 0 unspecified atom stereocenters. The number of nitriles is 1. The minimum absolute atomic E-state index is 0.138. The molecule has 1 aliphatic heterocycles. The molecule has 0 bridgehead atoms. The lowest BCUT2D eigenvalue weighted by Crippen LogP contribution is -2.42. The van der Waals surface area contributed by atoms with Crippen molar-refractivity contribution < 1.29 is 8.42 Å². The summed E-state index contributed by atoms with van der Waals surface area (Å²) in [6.07, 6.45) is 8.39. The average molecular weight is 422 g/mol. The van der Waals surface area contributed by atoms with Crippen LogP contribution in [0.1, 0.15) is 25.3 Å². The summed E-state index contributed by atoms with van der Waals surface area (Å²) in [5, 5.41) is 14.8. The van der Waals surface area contributed by atoms with Crippen molar-refractivity contribution >= 4 is 26.5 Å². The van der Waals surface area contributed by atoms with Crippen LogP contribution >= 0.6 is 0 Å². The fourth-order valence-corrected chi connectivity index (χ4v) is 4.96. The Bertz CT molecular complexity index is 1210. The van der Waals surface area contributed by atoms with Gasteiger partial charge in [0.25, 0.3) is 0 Å². The number of aromatic nitrogens is 2. The summed E-state index contributed by atoms with van der Waals surface area (Å²) < 4.78 is 25.8. The molecule has 1 fully saturated rings. The van der Waals surface area contributed by atoms with Gasteiger partial charge in [-0.2, -0.15) is 5.26 Å². The van der Waals surface area contributed by atoms with Gasteiger partial charge in [-0.25, -0.2) is 12.7 Å². The number of rotatable bonds is 5. The molecule has 30 heavy (non-hydrogen) atoms. The fraction of sp³-hybridized carbons (Fsp3) is 0.318. The number of fused-ring (bicyclic) bond motifs is 1. The van der Waals surface area contributed by atoms with E-state index in [1.807, 2.05) is 18.3 Å². The van der Waals surface area contributed by atoms with Crippen LogP contribution in [0.2, 0.25) is 0 Å². The first-order chi connectivity index (χ1) is 14.5. The van der Waals surface area contributed by atoms with Crippen LogP contribution in [0.5, 0.6) is 0 Å². The number of hydrogen-bond donors (Lipinski definition) is 1. The molecule has 1 aromatic carbocycles. The maximum Gasteiger partial charge on any atom is 0.213 e. The van der Waals surface area contributed by atoms with Gasteiger partial charge >= 0.3 is 0 Å². The Hall–Kier alpha value is -3.02. The van der Waals surface area contributed by atoms with Crippen molar-refractivity contribution in [2.45, 2.75) is 25.8 Å². The first-order valence-corrected chi connectivity index (χ1v) is 11.6. The van der Waals surface area contributed by atoms with Gasteiger partial charge in [-0.15, -0.1) is 0 Å². The van der Waals surface area contributed by atoms with Crippen molar-refractivity contribution in [3.05, 3.63) is 54.6 Å². The lowest BCUT2D eigenvalue weighted by molar-refractivity contribution is 0.330. The Morgan fingerprint density at radius 2 is 1.93 bits per heavy atom. The molecule has 0 amide bonds. The molecule has 0 spiro atoms. The van der Waals surface area contributed by atoms with Crippen LogP contribution < -0.4 is 5.32 Å². The van der Waals surface area contributed by atoms with Crippen LogP contribution in [-0.2, 0) is 10.0 Å². The minimum atomic E-state index is -3.14. The van der Waals surface area contributed by atoms with Crippen molar-refractivity contribution in [3.8, 4) is 17.2 Å². The summed E-state index contributed by atoms with van der Waals surface area (Å²) in [6.45, 7) is 2.73. The van der Waals surface area contributed by atoms with Crippen molar-refractivity contribution in [3.63, 3.8) is 0 Å². The Kier molecular flexibility index (Phi) is 5.66. The van der Waals surface area contributed by atoms with E-state index < -0.39 is 10.0 Å². The van der Waals surface area contributed by atoms with Crippen LogP contribution in [-0.4, -0.2) is 47.6 Å². The summed E-state index contributed by atoms with van der Waals surface area (Å²) in [4.78, 5) is 8.45. The molecule has 8 heteroatoms. The van der Waals surface area contributed by atoms with E-state index in [0.29, 0.717) is 18.7 Å². The van der Waals surface area contributed by atoms with Gasteiger partial charge in [0.2, 0.25) is 10.0 Å². The Morgan fingerprint density at radius 3 is 2.67 bits per heavy atom. The molecule has 0 atom stereocenters. The molecule has 4 rings (SSSR count). The highest BCUT2D eigenvalue weighted by Gasteiger charge is 2.26. The van der Waals surface area contributed by atoms with Crippen LogP contribution in [0.4, 0.5) is 5.69 Å². The summed E-state index contributed by atoms with van der Waals surface area (Å²) in [5.74, 6) is 0.138. The maximum atomic E-state index is 12.1. The SMILES string of the molecule is CCS(=O)(=O)N1CCC(Nc2cc(-c3cncc(C#N)c3)cc3ccncc23)CC1. The van der Waals surface area contributed by atoms with E-state index in [0.717, 1.165) is 40.4 Å². The zero-order chi connectivity index (χ0) is 21.1. The van der Waals surface area contributed by atoms with E-state index in [4.69, 9.17) is 0 Å². The van der Waals surface area contributed by atoms with Crippen molar-refractivity contribution in [2.75, 3.05) is 24.2 Å². The molecular weight excluding hydrogens is 398 g/mol. The first-order valence-electron chi connectivity index (χ1n) is 9.98. The van der Waals surface area contributed by atoms with Crippen molar-refractivity contribution in [2.24, 2.45) is 0 Å². The van der Waals surface area contributed by atoms with E-state index in [2.05, 4.69) is 33.5 Å². The smallest absolute Gasteiger partial charge is 0.213 e. The number of nitrogens with one attached hydrogen (secondary N) is 1. The van der Waals surface area contributed by atoms with E-state index in [1.54, 1.807) is 29.8 Å². The lowest BCUT2D eigenvalue weighted by atomic mass is 9.99. The van der Waals surface area contributed by atoms with E-state index in [9.17, 15) is 13.7 Å². The molecule has 1 N–H and O–H groups in total. The molecule has 0 saturated carbocycles. The highest BCUT2D eigenvalue weighted by molar-refractivity contribution is 7.89. The number of hydrogen-bond acceptors (Lipinski definition) is 6. The average Bonchev–Trinajstić information content (AvgIpc) is 2.79. The van der Waals surface area contributed by atoms with E-state index >= 15 is 0 Å².